The van der Waals surface area contributed by atoms with Gasteiger partial charge in [-0.2, -0.15) is 0 Å². The molecule has 0 spiro atoms. The SMILES string of the molecule is C[C@H](N)c1ccc(OCC(O)C(C)(C)C)cc1F. The molecule has 0 aromatic heterocycles. The van der Waals surface area contributed by atoms with Gasteiger partial charge in [-0.05, 0) is 18.4 Å². The molecule has 0 fully saturated rings. The number of ether oxygens (including phenoxy) is 1. The summed E-state index contributed by atoms with van der Waals surface area (Å²) in [5.41, 5.74) is 5.82. The number of aliphatic hydroxyl groups is 1. The van der Waals surface area contributed by atoms with Gasteiger partial charge in [0.2, 0.25) is 0 Å². The van der Waals surface area contributed by atoms with Crippen LogP contribution in [0.3, 0.4) is 0 Å². The second-order valence-corrected chi connectivity index (χ2v) is 5.66. The molecule has 1 aromatic carbocycles. The molecular formula is C14H22FNO2. The zero-order chi connectivity index (χ0) is 13.9. The summed E-state index contributed by atoms with van der Waals surface area (Å²) >= 11 is 0. The lowest BCUT2D eigenvalue weighted by Crippen LogP contribution is -2.31. The monoisotopic (exact) mass is 255 g/mol. The second kappa shape index (κ2) is 5.67. The molecule has 2 atom stereocenters. The smallest absolute Gasteiger partial charge is 0.131 e. The average molecular weight is 255 g/mol. The van der Waals surface area contributed by atoms with Crippen LogP contribution in [0.5, 0.6) is 5.75 Å². The summed E-state index contributed by atoms with van der Waals surface area (Å²) in [4.78, 5) is 0. The predicted molar refractivity (Wildman–Crippen MR) is 70.0 cm³/mol. The van der Waals surface area contributed by atoms with Gasteiger partial charge in [-0.1, -0.05) is 26.8 Å². The molecule has 0 aliphatic heterocycles. The van der Waals surface area contributed by atoms with E-state index in [1.165, 1.54) is 6.07 Å². The topological polar surface area (TPSA) is 55.5 Å². The summed E-state index contributed by atoms with van der Waals surface area (Å²) in [6.45, 7) is 7.62. The van der Waals surface area contributed by atoms with Crippen molar-refractivity contribution in [3.63, 3.8) is 0 Å². The van der Waals surface area contributed by atoms with E-state index >= 15 is 0 Å². The van der Waals surface area contributed by atoms with Crippen LogP contribution in [-0.4, -0.2) is 17.8 Å². The Morgan fingerprint density at radius 2 is 2.00 bits per heavy atom. The molecule has 0 saturated carbocycles. The summed E-state index contributed by atoms with van der Waals surface area (Å²) in [6, 6.07) is 4.23. The van der Waals surface area contributed by atoms with Gasteiger partial charge in [0.25, 0.3) is 0 Å². The molecule has 3 nitrogen and oxygen atoms in total. The first-order valence-electron chi connectivity index (χ1n) is 6.07. The highest BCUT2D eigenvalue weighted by Gasteiger charge is 2.22. The number of nitrogens with two attached hydrogens (primary N) is 1. The van der Waals surface area contributed by atoms with Crippen LogP contribution >= 0.6 is 0 Å². The summed E-state index contributed by atoms with van der Waals surface area (Å²) < 4.78 is 19.0. The molecule has 0 saturated heterocycles. The van der Waals surface area contributed by atoms with E-state index in [0.717, 1.165) is 0 Å². The molecule has 102 valence electrons. The van der Waals surface area contributed by atoms with E-state index in [4.69, 9.17) is 10.5 Å². The third-order valence-electron chi connectivity index (χ3n) is 2.87. The Labute approximate surface area is 108 Å². The molecule has 0 radical (unpaired) electrons. The Morgan fingerprint density at radius 3 is 2.44 bits per heavy atom. The van der Waals surface area contributed by atoms with Crippen molar-refractivity contribution in [3.8, 4) is 5.75 Å². The molecule has 1 rings (SSSR count). The van der Waals surface area contributed by atoms with E-state index in [1.807, 2.05) is 20.8 Å². The van der Waals surface area contributed by atoms with Crippen molar-refractivity contribution in [3.05, 3.63) is 29.6 Å². The Kier molecular flexibility index (Phi) is 4.71. The first-order valence-corrected chi connectivity index (χ1v) is 6.07. The van der Waals surface area contributed by atoms with Crippen molar-refractivity contribution >= 4 is 0 Å². The fourth-order valence-corrected chi connectivity index (χ4v) is 1.39. The summed E-state index contributed by atoms with van der Waals surface area (Å²) in [5.74, 6) is 0.0212. The van der Waals surface area contributed by atoms with Crippen molar-refractivity contribution in [1.82, 2.24) is 0 Å². The molecule has 3 N–H and O–H groups in total. The molecule has 18 heavy (non-hydrogen) atoms. The molecule has 1 unspecified atom stereocenters. The third kappa shape index (κ3) is 3.96. The zero-order valence-electron chi connectivity index (χ0n) is 11.4. The predicted octanol–water partition coefficient (Wildman–Crippen LogP) is 2.63. The van der Waals surface area contributed by atoms with Gasteiger partial charge in [-0.15, -0.1) is 0 Å². The molecule has 0 bridgehead atoms. The zero-order valence-corrected chi connectivity index (χ0v) is 11.4. The lowest BCUT2D eigenvalue weighted by molar-refractivity contribution is 0.0217. The fourth-order valence-electron chi connectivity index (χ4n) is 1.39. The van der Waals surface area contributed by atoms with Gasteiger partial charge in [-0.3, -0.25) is 0 Å². The first-order chi connectivity index (χ1) is 8.21. The number of aliphatic hydroxyl groups excluding tert-OH is 1. The largest absolute Gasteiger partial charge is 0.491 e. The van der Waals surface area contributed by atoms with Gasteiger partial charge in [0, 0.05) is 17.7 Å². The van der Waals surface area contributed by atoms with Crippen molar-refractivity contribution in [2.24, 2.45) is 11.1 Å². The molecule has 1 aromatic rings. The van der Waals surface area contributed by atoms with Crippen LogP contribution in [0.15, 0.2) is 18.2 Å². The maximum absolute atomic E-state index is 13.6. The maximum Gasteiger partial charge on any atom is 0.131 e. The van der Waals surface area contributed by atoms with E-state index in [9.17, 15) is 9.50 Å². The minimum atomic E-state index is -0.603. The number of hydrogen-bond acceptors (Lipinski definition) is 3. The van der Waals surface area contributed by atoms with E-state index in [0.29, 0.717) is 11.3 Å². The molecule has 0 aliphatic carbocycles. The highest BCUT2D eigenvalue weighted by atomic mass is 19.1. The Morgan fingerprint density at radius 1 is 1.39 bits per heavy atom. The van der Waals surface area contributed by atoms with Crippen LogP contribution < -0.4 is 10.5 Å². The van der Waals surface area contributed by atoms with Gasteiger partial charge in [-0.25, -0.2) is 4.39 Å². The van der Waals surface area contributed by atoms with Crippen LogP contribution in [0.1, 0.15) is 39.3 Å². The lowest BCUT2D eigenvalue weighted by atomic mass is 9.90. The minimum Gasteiger partial charge on any atom is -0.491 e. The third-order valence-corrected chi connectivity index (χ3v) is 2.87. The van der Waals surface area contributed by atoms with Crippen molar-refractivity contribution < 1.29 is 14.2 Å². The highest BCUT2D eigenvalue weighted by molar-refractivity contribution is 5.30. The van der Waals surface area contributed by atoms with Gasteiger partial charge in [0.05, 0.1) is 6.10 Å². The van der Waals surface area contributed by atoms with Gasteiger partial charge in [0.15, 0.2) is 0 Å². The van der Waals surface area contributed by atoms with Gasteiger partial charge < -0.3 is 15.6 Å². The first kappa shape index (κ1) is 14.9. The van der Waals surface area contributed by atoms with Crippen molar-refractivity contribution in [2.75, 3.05) is 6.61 Å². The van der Waals surface area contributed by atoms with E-state index in [2.05, 4.69) is 0 Å². The molecule has 0 amide bonds. The minimum absolute atomic E-state index is 0.139. The van der Waals surface area contributed by atoms with Crippen molar-refractivity contribution in [1.29, 1.82) is 0 Å². The van der Waals surface area contributed by atoms with Gasteiger partial charge in [0.1, 0.15) is 18.2 Å². The van der Waals surface area contributed by atoms with Crippen LogP contribution in [0.25, 0.3) is 0 Å². The average Bonchev–Trinajstić information content (AvgIpc) is 2.24. The highest BCUT2D eigenvalue weighted by Crippen LogP contribution is 2.23. The van der Waals surface area contributed by atoms with Crippen LogP contribution in [-0.2, 0) is 0 Å². The summed E-state index contributed by atoms with van der Waals surface area (Å²) in [6.07, 6.45) is -0.603. The van der Waals surface area contributed by atoms with E-state index < -0.39 is 6.10 Å². The molecule has 0 aliphatic rings. The molecule has 0 heterocycles. The second-order valence-electron chi connectivity index (χ2n) is 5.66. The summed E-state index contributed by atoms with van der Waals surface area (Å²) in [5, 5.41) is 9.82. The molecular weight excluding hydrogens is 233 g/mol. The van der Waals surface area contributed by atoms with E-state index in [-0.39, 0.29) is 23.9 Å². The van der Waals surface area contributed by atoms with Crippen LogP contribution in [0, 0.1) is 11.2 Å². The lowest BCUT2D eigenvalue weighted by Gasteiger charge is -2.25. The normalized spacial score (nSPS) is 15.3. The number of halogens is 1. The van der Waals surface area contributed by atoms with Crippen molar-refractivity contribution in [2.45, 2.75) is 39.8 Å². The fraction of sp³-hybridized carbons (Fsp3) is 0.571. The number of benzene rings is 1. The maximum atomic E-state index is 13.6. The number of hydrogen-bond donors (Lipinski definition) is 2. The quantitative estimate of drug-likeness (QED) is 0.869. The molecule has 4 heteroatoms. The van der Waals surface area contributed by atoms with Crippen LogP contribution in [0.4, 0.5) is 4.39 Å². The Hall–Kier alpha value is -1.13. The van der Waals surface area contributed by atoms with E-state index in [1.54, 1.807) is 19.1 Å². The Balaban J connectivity index is 2.67. The Bertz CT molecular complexity index is 399. The van der Waals surface area contributed by atoms with Gasteiger partial charge >= 0.3 is 0 Å². The number of rotatable bonds is 4. The standard InChI is InChI=1S/C14H22FNO2/c1-9(16)11-6-5-10(7-12(11)15)18-8-13(17)14(2,3)4/h5-7,9,13,17H,8,16H2,1-4H3/t9-,13?/m0/s1. The summed E-state index contributed by atoms with van der Waals surface area (Å²) in [7, 11) is 0. The van der Waals surface area contributed by atoms with Crippen LogP contribution in [0.2, 0.25) is 0 Å².